The van der Waals surface area contributed by atoms with Gasteiger partial charge in [0.05, 0.1) is 12.4 Å². The summed E-state index contributed by atoms with van der Waals surface area (Å²) >= 11 is 0. The average Bonchev–Trinajstić information content (AvgIpc) is 2.80. The summed E-state index contributed by atoms with van der Waals surface area (Å²) in [5, 5.41) is 7.06. The highest BCUT2D eigenvalue weighted by atomic mass is 19.1. The van der Waals surface area contributed by atoms with Crippen molar-refractivity contribution in [1.29, 1.82) is 0 Å². The van der Waals surface area contributed by atoms with Gasteiger partial charge in [0.25, 0.3) is 5.91 Å². The van der Waals surface area contributed by atoms with E-state index in [1.807, 2.05) is 37.3 Å². The number of hydrogen-bond donors (Lipinski definition) is 1. The second kappa shape index (κ2) is 5.07. The molecule has 20 heavy (non-hydrogen) atoms. The molecule has 104 valence electrons. The minimum absolute atomic E-state index is 0.00392. The number of rotatable bonds is 3. The Balaban J connectivity index is 1.82. The lowest BCUT2D eigenvalue weighted by Crippen LogP contribution is -2.51. The molecule has 1 aliphatic rings. The van der Waals surface area contributed by atoms with Gasteiger partial charge < -0.3 is 4.90 Å². The van der Waals surface area contributed by atoms with Crippen molar-refractivity contribution in [1.82, 2.24) is 15.1 Å². The van der Waals surface area contributed by atoms with Gasteiger partial charge in [0.15, 0.2) is 0 Å². The molecule has 1 N–H and O–H groups in total. The van der Waals surface area contributed by atoms with Crippen LogP contribution in [-0.4, -0.2) is 40.8 Å². The average molecular weight is 273 g/mol. The van der Waals surface area contributed by atoms with Crippen LogP contribution in [0.3, 0.4) is 0 Å². The summed E-state index contributed by atoms with van der Waals surface area (Å²) in [6.07, 6.45) is 0. The molecule has 1 fully saturated rings. The summed E-state index contributed by atoms with van der Waals surface area (Å²) in [7, 11) is 0. The Bertz CT molecular complexity index is 617. The molecule has 1 saturated heterocycles. The molecule has 0 radical (unpaired) electrons. The minimum Gasteiger partial charge on any atom is -0.336 e. The number of halogens is 1. The Morgan fingerprint density at radius 3 is 2.75 bits per heavy atom. The number of aromatic nitrogens is 2. The molecule has 0 unspecified atom stereocenters. The lowest BCUT2D eigenvalue weighted by Gasteiger charge is -2.37. The molecule has 0 spiro atoms. The molecule has 3 rings (SSSR count). The molecule has 1 aromatic heterocycles. The Morgan fingerprint density at radius 2 is 2.10 bits per heavy atom. The smallest absolute Gasteiger partial charge is 0.272 e. The summed E-state index contributed by atoms with van der Waals surface area (Å²) < 4.78 is 12.4. The van der Waals surface area contributed by atoms with Crippen LogP contribution in [0.4, 0.5) is 4.39 Å². The van der Waals surface area contributed by atoms with Gasteiger partial charge in [-0.2, -0.15) is 5.10 Å². The van der Waals surface area contributed by atoms with Crippen LogP contribution in [-0.2, 0) is 0 Å². The van der Waals surface area contributed by atoms with Gasteiger partial charge in [0.2, 0.25) is 0 Å². The van der Waals surface area contributed by atoms with Crippen LogP contribution in [0, 0.1) is 12.8 Å². The lowest BCUT2D eigenvalue weighted by molar-refractivity contribution is 0.0446. The molecule has 1 amide bonds. The van der Waals surface area contributed by atoms with Crippen molar-refractivity contribution in [3.05, 3.63) is 41.6 Å². The lowest BCUT2D eigenvalue weighted by atomic mass is 10.0. The molecule has 0 aliphatic carbocycles. The molecule has 0 bridgehead atoms. The predicted octanol–water partition coefficient (Wildman–Crippen LogP) is 2.43. The zero-order valence-corrected chi connectivity index (χ0v) is 11.3. The molecule has 4 nitrogen and oxygen atoms in total. The van der Waals surface area contributed by atoms with Crippen molar-refractivity contribution in [3.8, 4) is 11.3 Å². The summed E-state index contributed by atoms with van der Waals surface area (Å²) in [5.74, 6) is -0.0994. The van der Waals surface area contributed by atoms with Gasteiger partial charge in [-0.3, -0.25) is 14.3 Å². The van der Waals surface area contributed by atoms with Crippen LogP contribution >= 0.6 is 0 Å². The summed E-state index contributed by atoms with van der Waals surface area (Å²) in [6, 6.07) is 9.73. The minimum atomic E-state index is -0.360. The monoisotopic (exact) mass is 273 g/mol. The number of carbonyl (C=O) groups excluding carboxylic acids is 1. The standard InChI is InChI=1S/C15H16FN3O/c1-10-13(12-5-3-2-4-6-12)17-18-14(10)15(20)19-8-11(7-16)9-19/h2-6,11H,7-9H2,1H3,(H,17,18). The van der Waals surface area contributed by atoms with E-state index in [4.69, 9.17) is 0 Å². The van der Waals surface area contributed by atoms with Gasteiger partial charge in [-0.15, -0.1) is 0 Å². The number of amides is 1. The van der Waals surface area contributed by atoms with Crippen LogP contribution in [0.1, 0.15) is 16.1 Å². The first-order valence-corrected chi connectivity index (χ1v) is 6.66. The first kappa shape index (κ1) is 12.8. The van der Waals surface area contributed by atoms with Crippen molar-refractivity contribution in [3.63, 3.8) is 0 Å². The number of benzene rings is 1. The second-order valence-corrected chi connectivity index (χ2v) is 5.17. The third kappa shape index (κ3) is 2.09. The zero-order chi connectivity index (χ0) is 14.1. The van der Waals surface area contributed by atoms with Gasteiger partial charge in [0, 0.05) is 30.1 Å². The fraction of sp³-hybridized carbons (Fsp3) is 0.333. The Hall–Kier alpha value is -2.17. The normalized spacial score (nSPS) is 15.2. The maximum Gasteiger partial charge on any atom is 0.272 e. The predicted molar refractivity (Wildman–Crippen MR) is 74.1 cm³/mol. The highest BCUT2D eigenvalue weighted by Crippen LogP contribution is 2.25. The first-order valence-electron chi connectivity index (χ1n) is 6.66. The van der Waals surface area contributed by atoms with E-state index in [9.17, 15) is 9.18 Å². The largest absolute Gasteiger partial charge is 0.336 e. The highest BCUT2D eigenvalue weighted by Gasteiger charge is 2.32. The zero-order valence-electron chi connectivity index (χ0n) is 11.3. The summed E-state index contributed by atoms with van der Waals surface area (Å²) in [6.45, 7) is 2.51. The molecule has 5 heteroatoms. The van der Waals surface area contributed by atoms with Crippen molar-refractivity contribution in [2.75, 3.05) is 19.8 Å². The van der Waals surface area contributed by atoms with E-state index in [1.54, 1.807) is 4.90 Å². The molecule has 1 aliphatic heterocycles. The van der Waals surface area contributed by atoms with Crippen LogP contribution in [0.25, 0.3) is 11.3 Å². The number of likely N-dealkylation sites (tertiary alicyclic amines) is 1. The number of aromatic amines is 1. The van der Waals surface area contributed by atoms with E-state index in [2.05, 4.69) is 10.2 Å². The van der Waals surface area contributed by atoms with Gasteiger partial charge in [-0.25, -0.2) is 0 Å². The maximum absolute atomic E-state index is 12.4. The number of nitrogens with one attached hydrogen (secondary N) is 1. The molecule has 2 aromatic rings. The van der Waals surface area contributed by atoms with E-state index in [1.165, 1.54) is 0 Å². The topological polar surface area (TPSA) is 49.0 Å². The first-order chi connectivity index (χ1) is 9.70. The van der Waals surface area contributed by atoms with E-state index in [-0.39, 0.29) is 18.5 Å². The number of H-pyrrole nitrogens is 1. The number of carbonyl (C=O) groups is 1. The van der Waals surface area contributed by atoms with Crippen LogP contribution < -0.4 is 0 Å². The van der Waals surface area contributed by atoms with Crippen LogP contribution in [0.15, 0.2) is 30.3 Å². The van der Waals surface area contributed by atoms with E-state index >= 15 is 0 Å². The molecule has 2 heterocycles. The third-order valence-corrected chi connectivity index (χ3v) is 3.73. The quantitative estimate of drug-likeness (QED) is 0.933. The second-order valence-electron chi connectivity index (χ2n) is 5.17. The fourth-order valence-corrected chi connectivity index (χ4v) is 2.47. The van der Waals surface area contributed by atoms with E-state index in [0.717, 1.165) is 16.8 Å². The Morgan fingerprint density at radius 1 is 1.40 bits per heavy atom. The molecule has 0 saturated carbocycles. The van der Waals surface area contributed by atoms with Crippen molar-refractivity contribution < 1.29 is 9.18 Å². The van der Waals surface area contributed by atoms with E-state index < -0.39 is 0 Å². The van der Waals surface area contributed by atoms with Gasteiger partial charge >= 0.3 is 0 Å². The molecular formula is C15H16FN3O. The SMILES string of the molecule is Cc1c(-c2ccccc2)n[nH]c1C(=O)N1CC(CF)C1. The van der Waals surface area contributed by atoms with Gasteiger partial charge in [-0.05, 0) is 6.92 Å². The fourth-order valence-electron chi connectivity index (χ4n) is 2.47. The number of nitrogens with zero attached hydrogens (tertiary/aromatic N) is 2. The van der Waals surface area contributed by atoms with Crippen LogP contribution in [0.2, 0.25) is 0 Å². The summed E-state index contributed by atoms with van der Waals surface area (Å²) in [5.41, 5.74) is 3.10. The number of alkyl halides is 1. The Labute approximate surface area is 116 Å². The number of hydrogen-bond acceptors (Lipinski definition) is 2. The highest BCUT2D eigenvalue weighted by molar-refractivity contribution is 5.95. The molecule has 0 atom stereocenters. The van der Waals surface area contributed by atoms with E-state index in [0.29, 0.717) is 18.8 Å². The maximum atomic E-state index is 12.4. The van der Waals surface area contributed by atoms with Crippen LogP contribution in [0.5, 0.6) is 0 Å². The van der Waals surface area contributed by atoms with Gasteiger partial charge in [-0.1, -0.05) is 30.3 Å². The van der Waals surface area contributed by atoms with Crippen molar-refractivity contribution in [2.45, 2.75) is 6.92 Å². The van der Waals surface area contributed by atoms with Gasteiger partial charge in [0.1, 0.15) is 5.69 Å². The Kier molecular flexibility index (Phi) is 3.26. The van der Waals surface area contributed by atoms with Crippen molar-refractivity contribution in [2.24, 2.45) is 5.92 Å². The van der Waals surface area contributed by atoms with Crippen molar-refractivity contribution >= 4 is 5.91 Å². The molecular weight excluding hydrogens is 257 g/mol. The third-order valence-electron chi connectivity index (χ3n) is 3.73. The summed E-state index contributed by atoms with van der Waals surface area (Å²) in [4.78, 5) is 13.9. The molecule has 1 aromatic carbocycles.